The van der Waals surface area contributed by atoms with E-state index >= 15 is 0 Å². The van der Waals surface area contributed by atoms with Gasteiger partial charge >= 0.3 is 6.61 Å². The number of halogens is 2. The molecular weight excluding hydrogens is 292 g/mol. The first kappa shape index (κ1) is 14.0. The summed E-state index contributed by atoms with van der Waals surface area (Å²) >= 11 is 1.59. The summed E-state index contributed by atoms with van der Waals surface area (Å²) in [5.41, 5.74) is 7.76. The van der Waals surface area contributed by atoms with Gasteiger partial charge < -0.3 is 10.5 Å². The van der Waals surface area contributed by atoms with Crippen molar-refractivity contribution in [2.24, 2.45) is 5.73 Å². The highest BCUT2D eigenvalue weighted by molar-refractivity contribution is 7.17. The predicted octanol–water partition coefficient (Wildman–Crippen LogP) is 4.55. The van der Waals surface area contributed by atoms with Crippen LogP contribution in [-0.2, 0) is 0 Å². The van der Waals surface area contributed by atoms with Gasteiger partial charge in [0.05, 0.1) is 6.04 Å². The van der Waals surface area contributed by atoms with Crippen molar-refractivity contribution in [3.05, 3.63) is 65.0 Å². The zero-order chi connectivity index (χ0) is 14.8. The first-order chi connectivity index (χ1) is 10.2. The maximum Gasteiger partial charge on any atom is 0.387 e. The fraction of sp³-hybridized carbons (Fsp3) is 0.125. The average Bonchev–Trinajstić information content (AvgIpc) is 2.95. The molecule has 1 heterocycles. The SMILES string of the molecule is NC(c1ccccc1OC(F)F)c1cccc2ccsc12. The second kappa shape index (κ2) is 5.79. The maximum absolute atomic E-state index is 12.5. The van der Waals surface area contributed by atoms with Gasteiger partial charge in [-0.1, -0.05) is 36.4 Å². The van der Waals surface area contributed by atoms with E-state index in [2.05, 4.69) is 4.74 Å². The van der Waals surface area contributed by atoms with E-state index in [1.54, 1.807) is 29.5 Å². The van der Waals surface area contributed by atoms with Crippen molar-refractivity contribution in [3.63, 3.8) is 0 Å². The van der Waals surface area contributed by atoms with Crippen molar-refractivity contribution in [3.8, 4) is 5.75 Å². The third-order valence-corrected chi connectivity index (χ3v) is 4.29. The standard InChI is InChI=1S/C16H13F2NOS/c17-16(18)20-13-7-2-1-5-11(13)14(19)12-6-3-4-10-8-9-21-15(10)12/h1-9,14,16H,19H2. The van der Waals surface area contributed by atoms with Gasteiger partial charge in [0.25, 0.3) is 0 Å². The van der Waals surface area contributed by atoms with Gasteiger partial charge in [-0.2, -0.15) is 8.78 Å². The smallest absolute Gasteiger partial charge is 0.387 e. The largest absolute Gasteiger partial charge is 0.434 e. The molecule has 2 nitrogen and oxygen atoms in total. The number of hydrogen-bond donors (Lipinski definition) is 1. The highest BCUT2D eigenvalue weighted by atomic mass is 32.1. The molecular formula is C16H13F2NOS. The van der Waals surface area contributed by atoms with Crippen molar-refractivity contribution >= 4 is 21.4 Å². The number of nitrogens with two attached hydrogens (primary N) is 1. The van der Waals surface area contributed by atoms with Gasteiger partial charge in [-0.15, -0.1) is 11.3 Å². The molecule has 3 aromatic rings. The van der Waals surface area contributed by atoms with E-state index in [1.165, 1.54) is 6.07 Å². The highest BCUT2D eigenvalue weighted by Gasteiger charge is 2.18. The van der Waals surface area contributed by atoms with Crippen LogP contribution in [0.1, 0.15) is 17.2 Å². The molecule has 21 heavy (non-hydrogen) atoms. The van der Waals surface area contributed by atoms with Crippen molar-refractivity contribution in [1.29, 1.82) is 0 Å². The summed E-state index contributed by atoms with van der Waals surface area (Å²) in [7, 11) is 0. The fourth-order valence-corrected chi connectivity index (χ4v) is 3.32. The molecule has 0 aliphatic carbocycles. The zero-order valence-electron chi connectivity index (χ0n) is 11.0. The van der Waals surface area contributed by atoms with Gasteiger partial charge in [0.15, 0.2) is 0 Å². The molecule has 1 atom stereocenters. The molecule has 108 valence electrons. The molecule has 0 saturated heterocycles. The van der Waals surface area contributed by atoms with Crippen molar-refractivity contribution in [2.75, 3.05) is 0 Å². The highest BCUT2D eigenvalue weighted by Crippen LogP contribution is 2.34. The molecule has 0 radical (unpaired) electrons. The molecule has 0 aliphatic heterocycles. The van der Waals surface area contributed by atoms with E-state index < -0.39 is 12.7 Å². The topological polar surface area (TPSA) is 35.2 Å². The molecule has 1 aromatic heterocycles. The van der Waals surface area contributed by atoms with Crippen LogP contribution in [0.4, 0.5) is 8.78 Å². The second-order valence-electron chi connectivity index (χ2n) is 4.58. The van der Waals surface area contributed by atoms with Crippen molar-refractivity contribution in [2.45, 2.75) is 12.7 Å². The molecule has 0 aliphatic rings. The summed E-state index contributed by atoms with van der Waals surface area (Å²) in [6, 6.07) is 14.0. The van der Waals surface area contributed by atoms with Gasteiger partial charge in [0, 0.05) is 10.3 Å². The van der Waals surface area contributed by atoms with Crippen LogP contribution in [0.25, 0.3) is 10.1 Å². The van der Waals surface area contributed by atoms with E-state index in [4.69, 9.17) is 5.73 Å². The molecule has 0 spiro atoms. The van der Waals surface area contributed by atoms with Crippen LogP contribution in [0.15, 0.2) is 53.9 Å². The van der Waals surface area contributed by atoms with E-state index in [9.17, 15) is 8.78 Å². The molecule has 1 unspecified atom stereocenters. The van der Waals surface area contributed by atoms with Crippen LogP contribution in [0.5, 0.6) is 5.75 Å². The molecule has 5 heteroatoms. The number of ether oxygens (including phenoxy) is 1. The minimum atomic E-state index is -2.86. The normalized spacial score (nSPS) is 12.8. The summed E-state index contributed by atoms with van der Waals surface area (Å²) in [4.78, 5) is 0. The number of thiophene rings is 1. The Balaban J connectivity index is 2.06. The van der Waals surface area contributed by atoms with Crippen LogP contribution in [0.2, 0.25) is 0 Å². The van der Waals surface area contributed by atoms with Gasteiger partial charge in [0.2, 0.25) is 0 Å². The van der Waals surface area contributed by atoms with E-state index in [0.29, 0.717) is 5.56 Å². The van der Waals surface area contributed by atoms with E-state index in [0.717, 1.165) is 15.6 Å². The number of alkyl halides is 2. The molecule has 0 fully saturated rings. The van der Waals surface area contributed by atoms with Crippen LogP contribution < -0.4 is 10.5 Å². The van der Waals surface area contributed by atoms with Crippen LogP contribution >= 0.6 is 11.3 Å². The van der Waals surface area contributed by atoms with Gasteiger partial charge in [-0.05, 0) is 28.5 Å². The molecule has 2 aromatic carbocycles. The lowest BCUT2D eigenvalue weighted by Crippen LogP contribution is -2.14. The molecule has 0 amide bonds. The van der Waals surface area contributed by atoms with Gasteiger partial charge in [-0.3, -0.25) is 0 Å². The Morgan fingerprint density at radius 3 is 2.52 bits per heavy atom. The zero-order valence-corrected chi connectivity index (χ0v) is 11.8. The molecule has 0 saturated carbocycles. The maximum atomic E-state index is 12.5. The van der Waals surface area contributed by atoms with Gasteiger partial charge in [-0.25, -0.2) is 0 Å². The molecule has 0 bridgehead atoms. The minimum Gasteiger partial charge on any atom is -0.434 e. The third-order valence-electron chi connectivity index (χ3n) is 3.31. The summed E-state index contributed by atoms with van der Waals surface area (Å²) in [6.45, 7) is -2.86. The lowest BCUT2D eigenvalue weighted by Gasteiger charge is -2.17. The lowest BCUT2D eigenvalue weighted by molar-refractivity contribution is -0.0505. The first-order valence-corrected chi connectivity index (χ1v) is 7.30. The minimum absolute atomic E-state index is 0.119. The van der Waals surface area contributed by atoms with Crippen molar-refractivity contribution < 1.29 is 13.5 Å². The Morgan fingerprint density at radius 2 is 1.71 bits per heavy atom. The van der Waals surface area contributed by atoms with Gasteiger partial charge in [0.1, 0.15) is 5.75 Å². The second-order valence-corrected chi connectivity index (χ2v) is 5.50. The van der Waals surface area contributed by atoms with E-state index in [1.807, 2.05) is 29.6 Å². The number of rotatable bonds is 4. The number of fused-ring (bicyclic) bond motifs is 1. The first-order valence-electron chi connectivity index (χ1n) is 6.42. The molecule has 3 rings (SSSR count). The summed E-state index contributed by atoms with van der Waals surface area (Å²) in [5, 5.41) is 3.09. The number of hydrogen-bond acceptors (Lipinski definition) is 3. The Morgan fingerprint density at radius 1 is 0.952 bits per heavy atom. The van der Waals surface area contributed by atoms with Crippen LogP contribution in [0.3, 0.4) is 0 Å². The van der Waals surface area contributed by atoms with Crippen LogP contribution in [-0.4, -0.2) is 6.61 Å². The summed E-state index contributed by atoms with van der Waals surface area (Å²) in [6.07, 6.45) is 0. The number of para-hydroxylation sites is 1. The quantitative estimate of drug-likeness (QED) is 0.767. The number of benzene rings is 2. The monoisotopic (exact) mass is 305 g/mol. The molecule has 2 N–H and O–H groups in total. The summed E-state index contributed by atoms with van der Waals surface area (Å²) < 4.78 is 30.7. The Kier molecular flexibility index (Phi) is 3.86. The van der Waals surface area contributed by atoms with E-state index in [-0.39, 0.29) is 5.75 Å². The Labute approximate surface area is 124 Å². The van der Waals surface area contributed by atoms with Crippen LogP contribution in [0, 0.1) is 0 Å². The average molecular weight is 305 g/mol. The summed E-state index contributed by atoms with van der Waals surface area (Å²) in [5.74, 6) is 0.119. The fourth-order valence-electron chi connectivity index (χ4n) is 2.37. The predicted molar refractivity (Wildman–Crippen MR) is 80.9 cm³/mol. The Hall–Kier alpha value is -1.98. The third kappa shape index (κ3) is 2.75. The lowest BCUT2D eigenvalue weighted by atomic mass is 9.98. The Bertz CT molecular complexity index is 757. The van der Waals surface area contributed by atoms with Crippen molar-refractivity contribution in [1.82, 2.24) is 0 Å².